The van der Waals surface area contributed by atoms with Crippen molar-refractivity contribution in [3.63, 3.8) is 0 Å². The van der Waals surface area contributed by atoms with Crippen molar-refractivity contribution in [1.29, 1.82) is 0 Å². The van der Waals surface area contributed by atoms with Gasteiger partial charge in [-0.15, -0.1) is 0 Å². The molecule has 1 aliphatic heterocycles. The molecule has 0 aliphatic carbocycles. The van der Waals surface area contributed by atoms with E-state index in [9.17, 15) is 4.79 Å². The maximum atomic E-state index is 10.9. The summed E-state index contributed by atoms with van der Waals surface area (Å²) < 4.78 is 9.95. The quantitative estimate of drug-likeness (QED) is 0.565. The van der Waals surface area contributed by atoms with Gasteiger partial charge in [0.25, 0.3) is 0 Å². The lowest BCUT2D eigenvalue weighted by atomic mass is 10.2. The SMILES string of the molecule is CCC1CC[C@@H](C(=O)OC)O1. The zero-order valence-corrected chi connectivity index (χ0v) is 7.00. The molecule has 3 nitrogen and oxygen atoms in total. The van der Waals surface area contributed by atoms with Gasteiger partial charge in [0.1, 0.15) is 0 Å². The van der Waals surface area contributed by atoms with Crippen molar-refractivity contribution in [2.45, 2.75) is 38.4 Å². The van der Waals surface area contributed by atoms with Crippen LogP contribution in [0.25, 0.3) is 0 Å². The van der Waals surface area contributed by atoms with E-state index in [1.54, 1.807) is 0 Å². The minimum absolute atomic E-state index is 0.235. The van der Waals surface area contributed by atoms with Crippen molar-refractivity contribution < 1.29 is 14.3 Å². The van der Waals surface area contributed by atoms with Crippen LogP contribution >= 0.6 is 0 Å². The summed E-state index contributed by atoms with van der Waals surface area (Å²) in [6.45, 7) is 2.06. The van der Waals surface area contributed by atoms with Crippen LogP contribution in [-0.4, -0.2) is 25.3 Å². The Morgan fingerprint density at radius 3 is 2.82 bits per heavy atom. The molecule has 3 heteroatoms. The summed E-state index contributed by atoms with van der Waals surface area (Å²) in [4.78, 5) is 10.9. The molecule has 0 aromatic carbocycles. The lowest BCUT2D eigenvalue weighted by molar-refractivity contribution is -0.153. The van der Waals surface area contributed by atoms with Gasteiger partial charge >= 0.3 is 5.97 Å². The van der Waals surface area contributed by atoms with Crippen LogP contribution in [0.15, 0.2) is 0 Å². The first-order valence-corrected chi connectivity index (χ1v) is 4.01. The highest BCUT2D eigenvalue weighted by Gasteiger charge is 2.29. The molecule has 2 atom stereocenters. The van der Waals surface area contributed by atoms with E-state index in [0.717, 1.165) is 19.3 Å². The number of carbonyl (C=O) groups is 1. The average Bonchev–Trinajstić information content (AvgIpc) is 2.50. The minimum Gasteiger partial charge on any atom is -0.467 e. The van der Waals surface area contributed by atoms with Gasteiger partial charge in [0.2, 0.25) is 0 Å². The molecule has 0 saturated carbocycles. The highest BCUT2D eigenvalue weighted by atomic mass is 16.6. The molecule has 1 unspecified atom stereocenters. The summed E-state index contributed by atoms with van der Waals surface area (Å²) >= 11 is 0. The van der Waals surface area contributed by atoms with Crippen LogP contribution in [0.4, 0.5) is 0 Å². The molecule has 1 aliphatic rings. The van der Waals surface area contributed by atoms with Gasteiger partial charge in [-0.25, -0.2) is 4.79 Å². The summed E-state index contributed by atoms with van der Waals surface area (Å²) in [5, 5.41) is 0. The molecule has 1 heterocycles. The number of hydrogen-bond donors (Lipinski definition) is 0. The van der Waals surface area contributed by atoms with Crippen molar-refractivity contribution in [2.75, 3.05) is 7.11 Å². The predicted molar refractivity (Wildman–Crippen MR) is 40.2 cm³/mol. The second-order valence-corrected chi connectivity index (χ2v) is 2.76. The fraction of sp³-hybridized carbons (Fsp3) is 0.875. The molecule has 1 rings (SSSR count). The lowest BCUT2D eigenvalue weighted by Gasteiger charge is -2.09. The van der Waals surface area contributed by atoms with Gasteiger partial charge in [0.05, 0.1) is 13.2 Å². The normalized spacial score (nSPS) is 30.4. The van der Waals surface area contributed by atoms with Crippen molar-refractivity contribution in [2.24, 2.45) is 0 Å². The zero-order valence-electron chi connectivity index (χ0n) is 7.00. The van der Waals surface area contributed by atoms with Gasteiger partial charge in [-0.05, 0) is 19.3 Å². The van der Waals surface area contributed by atoms with Crippen LogP contribution < -0.4 is 0 Å². The molecule has 64 valence electrons. The monoisotopic (exact) mass is 158 g/mol. The molecule has 0 amide bonds. The summed E-state index contributed by atoms with van der Waals surface area (Å²) in [6, 6.07) is 0. The van der Waals surface area contributed by atoms with Gasteiger partial charge in [0, 0.05) is 0 Å². The highest BCUT2D eigenvalue weighted by molar-refractivity contribution is 5.74. The third-order valence-electron chi connectivity index (χ3n) is 2.03. The van der Waals surface area contributed by atoms with Crippen LogP contribution in [-0.2, 0) is 14.3 Å². The third kappa shape index (κ3) is 1.93. The first kappa shape index (κ1) is 8.53. The van der Waals surface area contributed by atoms with Crippen LogP contribution in [0.1, 0.15) is 26.2 Å². The first-order valence-electron chi connectivity index (χ1n) is 4.01. The lowest BCUT2D eigenvalue weighted by Crippen LogP contribution is -2.22. The van der Waals surface area contributed by atoms with E-state index in [4.69, 9.17) is 4.74 Å². The van der Waals surface area contributed by atoms with Crippen molar-refractivity contribution in [1.82, 2.24) is 0 Å². The highest BCUT2D eigenvalue weighted by Crippen LogP contribution is 2.22. The zero-order chi connectivity index (χ0) is 8.27. The number of carbonyl (C=O) groups excluding carboxylic acids is 1. The molecule has 11 heavy (non-hydrogen) atoms. The first-order chi connectivity index (χ1) is 5.27. The fourth-order valence-corrected chi connectivity index (χ4v) is 1.31. The molecule has 0 spiro atoms. The van der Waals surface area contributed by atoms with Gasteiger partial charge in [-0.1, -0.05) is 6.92 Å². The molecular formula is C8H14O3. The number of ether oxygens (including phenoxy) is 2. The second-order valence-electron chi connectivity index (χ2n) is 2.76. The van der Waals surface area contributed by atoms with E-state index < -0.39 is 0 Å². The van der Waals surface area contributed by atoms with E-state index in [2.05, 4.69) is 11.7 Å². The minimum atomic E-state index is -0.301. The Bertz CT molecular complexity index is 144. The molecule has 1 fully saturated rings. The predicted octanol–water partition coefficient (Wildman–Crippen LogP) is 1.12. The van der Waals surface area contributed by atoms with E-state index in [0.29, 0.717) is 0 Å². The van der Waals surface area contributed by atoms with Gasteiger partial charge < -0.3 is 9.47 Å². The Labute approximate surface area is 66.7 Å². The van der Waals surface area contributed by atoms with Crippen molar-refractivity contribution in [3.8, 4) is 0 Å². The second kappa shape index (κ2) is 3.72. The number of esters is 1. The largest absolute Gasteiger partial charge is 0.467 e. The smallest absolute Gasteiger partial charge is 0.334 e. The Kier molecular flexibility index (Phi) is 2.88. The van der Waals surface area contributed by atoms with Crippen LogP contribution in [0.5, 0.6) is 0 Å². The van der Waals surface area contributed by atoms with Gasteiger partial charge in [-0.2, -0.15) is 0 Å². The van der Waals surface area contributed by atoms with E-state index in [1.165, 1.54) is 7.11 Å². The number of hydrogen-bond acceptors (Lipinski definition) is 3. The summed E-state index contributed by atoms with van der Waals surface area (Å²) in [5.41, 5.74) is 0. The van der Waals surface area contributed by atoms with E-state index in [-0.39, 0.29) is 18.2 Å². The van der Waals surface area contributed by atoms with Crippen LogP contribution in [0, 0.1) is 0 Å². The standard InChI is InChI=1S/C8H14O3/c1-3-6-4-5-7(11-6)8(9)10-2/h6-7H,3-5H2,1-2H3/t6?,7-/m0/s1. The van der Waals surface area contributed by atoms with Crippen LogP contribution in [0.3, 0.4) is 0 Å². The Hall–Kier alpha value is -0.570. The molecule has 0 aromatic heterocycles. The van der Waals surface area contributed by atoms with E-state index in [1.807, 2.05) is 0 Å². The van der Waals surface area contributed by atoms with Crippen LogP contribution in [0.2, 0.25) is 0 Å². The fourth-order valence-electron chi connectivity index (χ4n) is 1.31. The summed E-state index contributed by atoms with van der Waals surface area (Å²) in [5.74, 6) is -0.235. The molecule has 0 aromatic rings. The third-order valence-corrected chi connectivity index (χ3v) is 2.03. The maximum absolute atomic E-state index is 10.9. The number of methoxy groups -OCH3 is 1. The maximum Gasteiger partial charge on any atom is 0.334 e. The molecule has 0 bridgehead atoms. The molecule has 0 radical (unpaired) electrons. The van der Waals surface area contributed by atoms with Crippen molar-refractivity contribution >= 4 is 5.97 Å². The molecule has 1 saturated heterocycles. The average molecular weight is 158 g/mol. The molecular weight excluding hydrogens is 144 g/mol. The topological polar surface area (TPSA) is 35.5 Å². The Balaban J connectivity index is 2.35. The summed E-state index contributed by atoms with van der Waals surface area (Å²) in [7, 11) is 1.39. The van der Waals surface area contributed by atoms with Crippen molar-refractivity contribution in [3.05, 3.63) is 0 Å². The Morgan fingerprint density at radius 1 is 1.64 bits per heavy atom. The molecule has 0 N–H and O–H groups in total. The Morgan fingerprint density at radius 2 is 2.36 bits per heavy atom. The van der Waals surface area contributed by atoms with E-state index >= 15 is 0 Å². The van der Waals surface area contributed by atoms with Gasteiger partial charge in [-0.3, -0.25) is 0 Å². The number of rotatable bonds is 2. The van der Waals surface area contributed by atoms with Gasteiger partial charge in [0.15, 0.2) is 6.10 Å². The summed E-state index contributed by atoms with van der Waals surface area (Å²) in [6.07, 6.45) is 2.73.